The minimum absolute atomic E-state index is 0.0674. The maximum atomic E-state index is 12.1. The van der Waals surface area contributed by atoms with Crippen LogP contribution in [0.4, 0.5) is 0 Å². The van der Waals surface area contributed by atoms with Gasteiger partial charge in [-0.2, -0.15) is 11.8 Å². The van der Waals surface area contributed by atoms with Crippen molar-refractivity contribution in [3.63, 3.8) is 0 Å². The van der Waals surface area contributed by atoms with E-state index in [9.17, 15) is 4.79 Å². The molecule has 0 saturated heterocycles. The molecule has 1 aliphatic rings. The lowest BCUT2D eigenvalue weighted by Crippen LogP contribution is -2.30. The summed E-state index contributed by atoms with van der Waals surface area (Å²) >= 11 is 1.74. The second-order valence-electron chi connectivity index (χ2n) is 4.12. The van der Waals surface area contributed by atoms with Gasteiger partial charge in [-0.1, -0.05) is 12.1 Å². The van der Waals surface area contributed by atoms with Gasteiger partial charge in [0.1, 0.15) is 0 Å². The first kappa shape index (κ1) is 12.5. The van der Waals surface area contributed by atoms with Crippen LogP contribution in [-0.4, -0.2) is 31.0 Å². The van der Waals surface area contributed by atoms with E-state index >= 15 is 0 Å². The molecule has 0 fully saturated rings. The molecular formula is C13H18N2OS. The van der Waals surface area contributed by atoms with Crippen LogP contribution in [0.5, 0.6) is 0 Å². The van der Waals surface area contributed by atoms with Crippen LogP contribution in [0.1, 0.15) is 21.5 Å². The van der Waals surface area contributed by atoms with E-state index in [4.69, 9.17) is 0 Å². The molecule has 92 valence electrons. The number of benzene rings is 1. The van der Waals surface area contributed by atoms with Gasteiger partial charge in [-0.05, 0) is 36.4 Å². The van der Waals surface area contributed by atoms with Crippen molar-refractivity contribution in [1.29, 1.82) is 0 Å². The third kappa shape index (κ3) is 3.01. The number of fused-ring (bicyclic) bond motifs is 1. The molecule has 0 bridgehead atoms. The van der Waals surface area contributed by atoms with Gasteiger partial charge in [0.05, 0.1) is 0 Å². The number of hydrogen-bond acceptors (Lipinski definition) is 3. The summed E-state index contributed by atoms with van der Waals surface area (Å²) in [6.45, 7) is 2.57. The van der Waals surface area contributed by atoms with Gasteiger partial charge in [0.2, 0.25) is 0 Å². The molecule has 1 heterocycles. The monoisotopic (exact) mass is 250 g/mol. The van der Waals surface area contributed by atoms with E-state index in [1.54, 1.807) is 11.8 Å². The van der Waals surface area contributed by atoms with Crippen LogP contribution in [0.25, 0.3) is 0 Å². The maximum absolute atomic E-state index is 12.1. The van der Waals surface area contributed by atoms with Gasteiger partial charge in [0.25, 0.3) is 5.91 Å². The van der Waals surface area contributed by atoms with Crippen LogP contribution in [0.2, 0.25) is 0 Å². The van der Waals surface area contributed by atoms with Crippen LogP contribution in [0, 0.1) is 0 Å². The largest absolute Gasteiger partial charge is 0.351 e. The molecule has 1 amide bonds. The summed E-state index contributed by atoms with van der Waals surface area (Å²) in [7, 11) is 0. The van der Waals surface area contributed by atoms with Crippen molar-refractivity contribution >= 4 is 17.7 Å². The SMILES string of the molecule is CSCCNC(=O)c1cccc2c1CCNC2. The standard InChI is InChI=1S/C13H18N2OS/c1-17-8-7-15-13(16)12-4-2-3-10-9-14-6-5-11(10)12/h2-4,14H,5-9H2,1H3,(H,15,16). The molecule has 0 spiro atoms. The average molecular weight is 250 g/mol. The van der Waals surface area contributed by atoms with Crippen LogP contribution in [0.3, 0.4) is 0 Å². The maximum Gasteiger partial charge on any atom is 0.251 e. The number of hydrogen-bond donors (Lipinski definition) is 2. The van der Waals surface area contributed by atoms with Crippen molar-refractivity contribution in [1.82, 2.24) is 10.6 Å². The first-order valence-corrected chi connectivity index (χ1v) is 7.31. The molecule has 2 N–H and O–H groups in total. The lowest BCUT2D eigenvalue weighted by molar-refractivity contribution is 0.0955. The van der Waals surface area contributed by atoms with Gasteiger partial charge in [0, 0.05) is 24.4 Å². The summed E-state index contributed by atoms with van der Waals surface area (Å²) in [5.74, 6) is 1.03. The first-order chi connectivity index (χ1) is 8.33. The highest BCUT2D eigenvalue weighted by Crippen LogP contribution is 2.18. The quantitative estimate of drug-likeness (QED) is 0.794. The van der Waals surface area contributed by atoms with Crippen molar-refractivity contribution in [3.05, 3.63) is 34.9 Å². The van der Waals surface area contributed by atoms with E-state index in [1.807, 2.05) is 18.4 Å². The normalized spacial score (nSPS) is 14.2. The summed E-state index contributed by atoms with van der Waals surface area (Å²) in [5, 5.41) is 6.29. The fraction of sp³-hybridized carbons (Fsp3) is 0.462. The molecule has 2 rings (SSSR count). The third-order valence-corrected chi connectivity index (χ3v) is 3.59. The Morgan fingerprint density at radius 1 is 1.53 bits per heavy atom. The van der Waals surface area contributed by atoms with Gasteiger partial charge in [-0.3, -0.25) is 4.79 Å². The number of amides is 1. The van der Waals surface area contributed by atoms with Crippen LogP contribution in [0.15, 0.2) is 18.2 Å². The van der Waals surface area contributed by atoms with E-state index in [2.05, 4.69) is 16.7 Å². The van der Waals surface area contributed by atoms with E-state index < -0.39 is 0 Å². The lowest BCUT2D eigenvalue weighted by Gasteiger charge is -2.19. The van der Waals surface area contributed by atoms with Gasteiger partial charge in [0.15, 0.2) is 0 Å². The molecule has 0 unspecified atom stereocenters. The fourth-order valence-corrected chi connectivity index (χ4v) is 2.41. The van der Waals surface area contributed by atoms with Gasteiger partial charge < -0.3 is 10.6 Å². The predicted molar refractivity (Wildman–Crippen MR) is 72.6 cm³/mol. The summed E-state index contributed by atoms with van der Waals surface area (Å²) < 4.78 is 0. The zero-order valence-electron chi connectivity index (χ0n) is 10.1. The zero-order valence-corrected chi connectivity index (χ0v) is 10.9. The number of thioether (sulfide) groups is 1. The molecule has 1 aliphatic heterocycles. The predicted octanol–water partition coefficient (Wildman–Crippen LogP) is 1.43. The molecule has 17 heavy (non-hydrogen) atoms. The number of carbonyl (C=O) groups excluding carboxylic acids is 1. The topological polar surface area (TPSA) is 41.1 Å². The number of rotatable bonds is 4. The molecular weight excluding hydrogens is 232 g/mol. The number of carbonyl (C=O) groups is 1. The van der Waals surface area contributed by atoms with Gasteiger partial charge >= 0.3 is 0 Å². The number of nitrogens with one attached hydrogen (secondary N) is 2. The summed E-state index contributed by atoms with van der Waals surface area (Å²) in [6, 6.07) is 5.99. The molecule has 1 aromatic rings. The highest BCUT2D eigenvalue weighted by molar-refractivity contribution is 7.98. The summed E-state index contributed by atoms with van der Waals surface area (Å²) in [4.78, 5) is 12.1. The summed E-state index contributed by atoms with van der Waals surface area (Å²) in [6.07, 6.45) is 2.99. The van der Waals surface area contributed by atoms with Crippen molar-refractivity contribution in [2.24, 2.45) is 0 Å². The Balaban J connectivity index is 2.12. The third-order valence-electron chi connectivity index (χ3n) is 2.98. The molecule has 0 radical (unpaired) electrons. The van der Waals surface area contributed by atoms with Crippen LogP contribution in [-0.2, 0) is 13.0 Å². The van der Waals surface area contributed by atoms with Crippen molar-refractivity contribution < 1.29 is 4.79 Å². The van der Waals surface area contributed by atoms with Crippen LogP contribution >= 0.6 is 11.8 Å². The van der Waals surface area contributed by atoms with Gasteiger partial charge in [-0.15, -0.1) is 0 Å². The molecule has 0 aromatic heterocycles. The van der Waals surface area contributed by atoms with Gasteiger partial charge in [-0.25, -0.2) is 0 Å². The van der Waals surface area contributed by atoms with Crippen molar-refractivity contribution in [2.45, 2.75) is 13.0 Å². The molecule has 1 aromatic carbocycles. The van der Waals surface area contributed by atoms with E-state index in [0.717, 1.165) is 37.4 Å². The smallest absolute Gasteiger partial charge is 0.251 e. The fourth-order valence-electron chi connectivity index (χ4n) is 2.11. The van der Waals surface area contributed by atoms with E-state index in [0.29, 0.717) is 0 Å². The Morgan fingerprint density at radius 3 is 3.24 bits per heavy atom. The van der Waals surface area contributed by atoms with Crippen LogP contribution < -0.4 is 10.6 Å². The molecule has 0 atom stereocenters. The minimum Gasteiger partial charge on any atom is -0.351 e. The Morgan fingerprint density at radius 2 is 2.41 bits per heavy atom. The highest BCUT2D eigenvalue weighted by Gasteiger charge is 2.16. The molecule has 0 aliphatic carbocycles. The Labute approximate surface area is 106 Å². The highest BCUT2D eigenvalue weighted by atomic mass is 32.2. The molecule has 3 nitrogen and oxygen atoms in total. The zero-order chi connectivity index (χ0) is 12.1. The summed E-state index contributed by atoms with van der Waals surface area (Å²) in [5.41, 5.74) is 3.33. The molecule has 4 heteroatoms. The Bertz CT molecular complexity index is 406. The van der Waals surface area contributed by atoms with Crippen molar-refractivity contribution in [3.8, 4) is 0 Å². The second-order valence-corrected chi connectivity index (χ2v) is 5.10. The Hall–Kier alpha value is -1.00. The lowest BCUT2D eigenvalue weighted by atomic mass is 9.95. The minimum atomic E-state index is 0.0674. The van der Waals surface area contributed by atoms with E-state index in [1.165, 1.54) is 11.1 Å². The first-order valence-electron chi connectivity index (χ1n) is 5.91. The Kier molecular flexibility index (Phi) is 4.45. The second kappa shape index (κ2) is 6.07. The van der Waals surface area contributed by atoms with Crippen molar-refractivity contribution in [2.75, 3.05) is 25.1 Å². The average Bonchev–Trinajstić information content (AvgIpc) is 2.38. The van der Waals surface area contributed by atoms with E-state index in [-0.39, 0.29) is 5.91 Å². The molecule has 0 saturated carbocycles.